The minimum Gasteiger partial charge on any atom is -0.325 e. The first-order chi connectivity index (χ1) is 13.3. The maximum atomic E-state index is 13.7. The third-order valence-electron chi connectivity index (χ3n) is 4.44. The molecule has 0 radical (unpaired) electrons. The topological polar surface area (TPSA) is 78.5 Å². The predicted molar refractivity (Wildman–Crippen MR) is 103 cm³/mol. The number of likely N-dealkylation sites (tertiary alicyclic amines) is 1. The van der Waals surface area contributed by atoms with Crippen molar-refractivity contribution in [2.45, 2.75) is 24.2 Å². The van der Waals surface area contributed by atoms with Crippen LogP contribution in [-0.4, -0.2) is 38.9 Å². The number of hydrogen-bond acceptors (Lipinski definition) is 4. The molecule has 3 rings (SSSR count). The van der Waals surface area contributed by atoms with Crippen molar-refractivity contribution in [2.75, 3.05) is 29.7 Å². The van der Waals surface area contributed by atoms with Gasteiger partial charge in [-0.1, -0.05) is 6.42 Å². The minimum atomic E-state index is -4.05. The van der Waals surface area contributed by atoms with Crippen molar-refractivity contribution in [3.8, 4) is 0 Å². The average Bonchev–Trinajstić information content (AvgIpc) is 2.65. The van der Waals surface area contributed by atoms with Gasteiger partial charge in [0.2, 0.25) is 5.91 Å². The van der Waals surface area contributed by atoms with Gasteiger partial charge in [0.25, 0.3) is 10.0 Å². The van der Waals surface area contributed by atoms with E-state index in [1.165, 1.54) is 30.7 Å². The van der Waals surface area contributed by atoms with Crippen LogP contribution in [0.3, 0.4) is 0 Å². The normalized spacial score (nSPS) is 15.2. The Morgan fingerprint density at radius 1 is 1.00 bits per heavy atom. The second-order valence-electron chi connectivity index (χ2n) is 6.64. The second kappa shape index (κ2) is 8.66. The number of sulfonamides is 1. The number of carbonyl (C=O) groups excluding carboxylic acids is 1. The van der Waals surface area contributed by atoms with Crippen LogP contribution in [0.4, 0.5) is 20.2 Å². The van der Waals surface area contributed by atoms with E-state index >= 15 is 0 Å². The molecule has 1 aliphatic heterocycles. The molecule has 0 unspecified atom stereocenters. The molecule has 0 aromatic heterocycles. The fraction of sp³-hybridized carbons (Fsp3) is 0.316. The van der Waals surface area contributed by atoms with Gasteiger partial charge in [-0.05, 0) is 62.3 Å². The zero-order valence-corrected chi connectivity index (χ0v) is 15.9. The summed E-state index contributed by atoms with van der Waals surface area (Å²) in [5.74, 6) is -1.97. The van der Waals surface area contributed by atoms with Crippen LogP contribution >= 0.6 is 0 Å². The van der Waals surface area contributed by atoms with E-state index in [2.05, 4.69) is 14.9 Å². The minimum absolute atomic E-state index is 0.106. The molecule has 1 aliphatic rings. The SMILES string of the molecule is O=C(CN1CCCCC1)Nc1ccc(S(=O)(=O)Nc2ccc(F)cc2F)cc1. The maximum Gasteiger partial charge on any atom is 0.261 e. The molecule has 2 aromatic rings. The smallest absolute Gasteiger partial charge is 0.261 e. The molecule has 1 saturated heterocycles. The van der Waals surface area contributed by atoms with Gasteiger partial charge in [-0.2, -0.15) is 0 Å². The molecule has 0 bridgehead atoms. The lowest BCUT2D eigenvalue weighted by atomic mass is 10.1. The van der Waals surface area contributed by atoms with Gasteiger partial charge in [0.15, 0.2) is 0 Å². The Morgan fingerprint density at radius 3 is 2.32 bits per heavy atom. The van der Waals surface area contributed by atoms with Gasteiger partial charge in [-0.15, -0.1) is 0 Å². The molecule has 2 N–H and O–H groups in total. The summed E-state index contributed by atoms with van der Waals surface area (Å²) in [5, 5.41) is 2.74. The Labute approximate surface area is 162 Å². The molecule has 1 heterocycles. The molecular weight excluding hydrogens is 388 g/mol. The summed E-state index contributed by atoms with van der Waals surface area (Å²) in [6, 6.07) is 8.10. The number of nitrogens with one attached hydrogen (secondary N) is 2. The zero-order chi connectivity index (χ0) is 20.1. The van der Waals surface area contributed by atoms with Gasteiger partial charge in [0.05, 0.1) is 17.1 Å². The van der Waals surface area contributed by atoms with Crippen LogP contribution in [0.2, 0.25) is 0 Å². The van der Waals surface area contributed by atoms with Crippen LogP contribution in [0, 0.1) is 11.6 Å². The summed E-state index contributed by atoms with van der Waals surface area (Å²) in [4.78, 5) is 14.1. The number of carbonyl (C=O) groups is 1. The second-order valence-corrected chi connectivity index (χ2v) is 8.32. The average molecular weight is 409 g/mol. The highest BCUT2D eigenvalue weighted by molar-refractivity contribution is 7.92. The van der Waals surface area contributed by atoms with Crippen molar-refractivity contribution in [3.63, 3.8) is 0 Å². The molecule has 6 nitrogen and oxygen atoms in total. The van der Waals surface area contributed by atoms with E-state index in [1.807, 2.05) is 0 Å². The highest BCUT2D eigenvalue weighted by Crippen LogP contribution is 2.21. The van der Waals surface area contributed by atoms with Crippen molar-refractivity contribution in [1.29, 1.82) is 0 Å². The first kappa shape index (κ1) is 20.2. The molecule has 0 spiro atoms. The quantitative estimate of drug-likeness (QED) is 0.768. The van der Waals surface area contributed by atoms with E-state index in [1.54, 1.807) is 0 Å². The van der Waals surface area contributed by atoms with Crippen molar-refractivity contribution in [1.82, 2.24) is 4.90 Å². The fourth-order valence-corrected chi connectivity index (χ4v) is 4.08. The van der Waals surface area contributed by atoms with Gasteiger partial charge < -0.3 is 5.32 Å². The zero-order valence-electron chi connectivity index (χ0n) is 15.1. The first-order valence-electron chi connectivity index (χ1n) is 8.94. The van der Waals surface area contributed by atoms with Gasteiger partial charge in [0.1, 0.15) is 11.6 Å². The van der Waals surface area contributed by atoms with Gasteiger partial charge >= 0.3 is 0 Å². The Hall–Kier alpha value is -2.52. The van der Waals surface area contributed by atoms with Gasteiger partial charge in [0, 0.05) is 11.8 Å². The summed E-state index contributed by atoms with van der Waals surface area (Å²) in [7, 11) is -4.05. The number of anilines is 2. The number of hydrogen-bond donors (Lipinski definition) is 2. The number of benzene rings is 2. The van der Waals surface area contributed by atoms with E-state index in [4.69, 9.17) is 0 Å². The van der Waals surface area contributed by atoms with Crippen LogP contribution in [-0.2, 0) is 14.8 Å². The first-order valence-corrected chi connectivity index (χ1v) is 10.4. The molecule has 0 saturated carbocycles. The van der Waals surface area contributed by atoms with E-state index in [0.717, 1.165) is 38.1 Å². The van der Waals surface area contributed by atoms with Crippen LogP contribution in [0.15, 0.2) is 47.4 Å². The van der Waals surface area contributed by atoms with Crippen LogP contribution in [0.5, 0.6) is 0 Å². The number of amides is 1. The van der Waals surface area contributed by atoms with Crippen molar-refractivity contribution in [3.05, 3.63) is 54.1 Å². The Morgan fingerprint density at radius 2 is 1.68 bits per heavy atom. The molecule has 9 heteroatoms. The number of rotatable bonds is 6. The Balaban J connectivity index is 1.63. The monoisotopic (exact) mass is 409 g/mol. The maximum absolute atomic E-state index is 13.7. The summed E-state index contributed by atoms with van der Waals surface area (Å²) in [6.07, 6.45) is 3.35. The highest BCUT2D eigenvalue weighted by Gasteiger charge is 2.17. The number of nitrogens with zero attached hydrogens (tertiary/aromatic N) is 1. The van der Waals surface area contributed by atoms with Crippen LogP contribution in [0.1, 0.15) is 19.3 Å². The van der Waals surface area contributed by atoms with E-state index in [-0.39, 0.29) is 16.5 Å². The molecule has 2 aromatic carbocycles. The summed E-state index contributed by atoms with van der Waals surface area (Å²) in [6.45, 7) is 2.10. The van der Waals surface area contributed by atoms with Crippen LogP contribution < -0.4 is 10.0 Å². The Kier molecular flexibility index (Phi) is 6.25. The molecular formula is C19H21F2N3O3S. The summed E-state index contributed by atoms with van der Waals surface area (Å²) < 4.78 is 53.4. The number of halogens is 2. The molecule has 150 valence electrons. The van der Waals surface area contributed by atoms with Crippen molar-refractivity contribution in [2.24, 2.45) is 0 Å². The lowest BCUT2D eigenvalue weighted by Gasteiger charge is -2.25. The lowest BCUT2D eigenvalue weighted by molar-refractivity contribution is -0.117. The molecule has 1 amide bonds. The third kappa shape index (κ3) is 5.26. The van der Waals surface area contributed by atoms with Crippen molar-refractivity contribution < 1.29 is 22.0 Å². The van der Waals surface area contributed by atoms with Gasteiger partial charge in [-0.3, -0.25) is 14.4 Å². The predicted octanol–water partition coefficient (Wildman–Crippen LogP) is 3.19. The molecule has 0 aliphatic carbocycles. The van der Waals surface area contributed by atoms with E-state index < -0.39 is 21.7 Å². The molecule has 0 atom stereocenters. The molecule has 1 fully saturated rings. The lowest BCUT2D eigenvalue weighted by Crippen LogP contribution is -2.36. The largest absolute Gasteiger partial charge is 0.325 e. The molecule has 28 heavy (non-hydrogen) atoms. The van der Waals surface area contributed by atoms with Gasteiger partial charge in [-0.25, -0.2) is 17.2 Å². The summed E-state index contributed by atoms with van der Waals surface area (Å²) >= 11 is 0. The standard InChI is InChI=1S/C19H21F2N3O3S/c20-14-4-9-18(17(21)12-14)23-28(26,27)16-7-5-15(6-8-16)22-19(25)13-24-10-2-1-3-11-24/h4-9,12,23H,1-3,10-11,13H2,(H,22,25). The van der Waals surface area contributed by atoms with Crippen molar-refractivity contribution >= 4 is 27.3 Å². The van der Waals surface area contributed by atoms with E-state index in [9.17, 15) is 22.0 Å². The van der Waals surface area contributed by atoms with E-state index in [0.29, 0.717) is 18.3 Å². The Bertz CT molecular complexity index is 943. The highest BCUT2D eigenvalue weighted by atomic mass is 32.2. The fourth-order valence-electron chi connectivity index (χ4n) is 3.01. The summed E-state index contributed by atoms with van der Waals surface area (Å²) in [5.41, 5.74) is 0.120. The third-order valence-corrected chi connectivity index (χ3v) is 5.82. The number of piperidine rings is 1. The van der Waals surface area contributed by atoms with Crippen LogP contribution in [0.25, 0.3) is 0 Å².